The molecule has 1 amide bonds. The number of carbonyl (C=O) groups is 1. The lowest BCUT2D eigenvalue weighted by Crippen LogP contribution is -2.28. The predicted octanol–water partition coefficient (Wildman–Crippen LogP) is 3.21. The molecule has 1 N–H and O–H groups in total. The lowest BCUT2D eigenvalue weighted by atomic mass is 10.2. The Labute approximate surface area is 173 Å². The first-order valence-corrected chi connectivity index (χ1v) is 10.6. The van der Waals surface area contributed by atoms with Crippen LogP contribution in [0.25, 0.3) is 0 Å². The number of para-hydroxylation sites is 1. The van der Waals surface area contributed by atoms with Crippen LogP contribution in [0.2, 0.25) is 0 Å². The molecule has 1 aliphatic carbocycles. The zero-order chi connectivity index (χ0) is 20.2. The van der Waals surface area contributed by atoms with Crippen molar-refractivity contribution in [2.24, 2.45) is 0 Å². The van der Waals surface area contributed by atoms with Crippen LogP contribution in [0.4, 0.5) is 5.69 Å². The average Bonchev–Trinajstić information content (AvgIpc) is 3.21. The molecule has 0 radical (unpaired) electrons. The molecular weight excluding hydrogens is 384 g/mol. The molecule has 0 aliphatic heterocycles. The highest BCUT2D eigenvalue weighted by molar-refractivity contribution is 8.00. The van der Waals surface area contributed by atoms with Crippen molar-refractivity contribution in [2.45, 2.75) is 37.8 Å². The molecule has 1 aromatic carbocycles. The molecule has 0 saturated heterocycles. The maximum atomic E-state index is 12.7. The molecule has 7 heteroatoms. The Balaban J connectivity index is 1.51. The van der Waals surface area contributed by atoms with Gasteiger partial charge in [0.05, 0.1) is 18.0 Å². The molecule has 0 spiro atoms. The van der Waals surface area contributed by atoms with Gasteiger partial charge in [-0.1, -0.05) is 36.0 Å². The van der Waals surface area contributed by atoms with Crippen LogP contribution in [0.3, 0.4) is 0 Å². The van der Waals surface area contributed by atoms with Crippen LogP contribution >= 0.6 is 11.8 Å². The van der Waals surface area contributed by atoms with E-state index in [1.165, 1.54) is 11.8 Å². The highest BCUT2D eigenvalue weighted by Gasteiger charge is 2.22. The third kappa shape index (κ3) is 4.40. The lowest BCUT2D eigenvalue weighted by molar-refractivity contribution is -0.113. The Morgan fingerprint density at radius 2 is 2.00 bits per heavy atom. The number of thioether (sulfide) groups is 1. The number of nitrogens with zero attached hydrogens (tertiary/aromatic N) is 3. The van der Waals surface area contributed by atoms with Gasteiger partial charge in [0.25, 0.3) is 0 Å². The average molecular weight is 407 g/mol. The minimum absolute atomic E-state index is 0.101. The highest BCUT2D eigenvalue weighted by Crippen LogP contribution is 2.29. The number of hydrogen-bond donors (Lipinski definition) is 1. The minimum Gasteiger partial charge on any atom is -0.325 e. The van der Waals surface area contributed by atoms with Crippen molar-refractivity contribution in [1.82, 2.24) is 14.5 Å². The highest BCUT2D eigenvalue weighted by atomic mass is 32.2. The van der Waals surface area contributed by atoms with Crippen molar-refractivity contribution in [3.05, 3.63) is 81.7 Å². The number of aromatic nitrogens is 3. The second-order valence-electron chi connectivity index (χ2n) is 7.04. The molecule has 4 rings (SSSR count). The molecule has 1 aliphatic rings. The van der Waals surface area contributed by atoms with Crippen LogP contribution in [-0.2, 0) is 24.2 Å². The van der Waals surface area contributed by atoms with Crippen molar-refractivity contribution in [2.75, 3.05) is 11.1 Å². The maximum Gasteiger partial charge on any atom is 0.349 e. The van der Waals surface area contributed by atoms with Gasteiger partial charge in [-0.05, 0) is 49.9 Å². The van der Waals surface area contributed by atoms with E-state index in [1.54, 1.807) is 10.8 Å². The molecule has 0 saturated carbocycles. The Morgan fingerprint density at radius 3 is 2.79 bits per heavy atom. The van der Waals surface area contributed by atoms with Crippen molar-refractivity contribution >= 4 is 23.4 Å². The van der Waals surface area contributed by atoms with E-state index in [0.717, 1.165) is 47.5 Å². The number of rotatable bonds is 6. The van der Waals surface area contributed by atoms with Gasteiger partial charge in [0, 0.05) is 23.1 Å². The van der Waals surface area contributed by atoms with Crippen molar-refractivity contribution in [3.8, 4) is 0 Å². The van der Waals surface area contributed by atoms with Crippen LogP contribution in [0, 0.1) is 6.92 Å². The predicted molar refractivity (Wildman–Crippen MR) is 114 cm³/mol. The summed E-state index contributed by atoms with van der Waals surface area (Å²) in [5.41, 5.74) is 4.50. The lowest BCUT2D eigenvalue weighted by Gasteiger charge is -2.14. The van der Waals surface area contributed by atoms with Gasteiger partial charge in [-0.2, -0.15) is 4.98 Å². The first kappa shape index (κ1) is 19.4. The van der Waals surface area contributed by atoms with Crippen LogP contribution in [-0.4, -0.2) is 26.2 Å². The van der Waals surface area contributed by atoms with Crippen LogP contribution in [0.15, 0.2) is 58.5 Å². The van der Waals surface area contributed by atoms with Crippen LogP contribution < -0.4 is 11.0 Å². The Hall–Kier alpha value is -2.93. The molecule has 0 bridgehead atoms. The third-order valence-electron chi connectivity index (χ3n) is 5.01. The number of fused-ring (bicyclic) bond motifs is 1. The standard InChI is InChI=1S/C22H22N4O2S/c1-15-7-2-3-10-18(15)24-20(27)14-29-21-17-9-6-11-19(17)26(22(28)25-21)13-16-8-4-5-12-23-16/h2-5,7-8,10,12H,6,9,11,13-14H2,1H3,(H,24,27). The zero-order valence-electron chi connectivity index (χ0n) is 16.2. The first-order chi connectivity index (χ1) is 14.1. The van der Waals surface area contributed by atoms with E-state index < -0.39 is 0 Å². The number of amides is 1. The van der Waals surface area contributed by atoms with Crippen molar-refractivity contribution < 1.29 is 4.79 Å². The molecule has 0 fully saturated rings. The molecule has 6 nitrogen and oxygen atoms in total. The molecule has 2 aromatic heterocycles. The smallest absolute Gasteiger partial charge is 0.325 e. The van der Waals surface area contributed by atoms with E-state index in [9.17, 15) is 9.59 Å². The largest absolute Gasteiger partial charge is 0.349 e. The van der Waals surface area contributed by atoms with E-state index in [2.05, 4.69) is 15.3 Å². The van der Waals surface area contributed by atoms with Gasteiger partial charge >= 0.3 is 5.69 Å². The SMILES string of the molecule is Cc1ccccc1NC(=O)CSc1nc(=O)n(Cc2ccccn2)c2c1CCC2. The second-order valence-corrected chi connectivity index (χ2v) is 8.00. The summed E-state index contributed by atoms with van der Waals surface area (Å²) in [6.45, 7) is 2.38. The van der Waals surface area contributed by atoms with Gasteiger partial charge in [-0.3, -0.25) is 14.3 Å². The minimum atomic E-state index is -0.280. The summed E-state index contributed by atoms with van der Waals surface area (Å²) in [4.78, 5) is 33.7. The number of nitrogens with one attached hydrogen (secondary N) is 1. The molecule has 2 heterocycles. The van der Waals surface area contributed by atoms with E-state index in [-0.39, 0.29) is 17.3 Å². The zero-order valence-corrected chi connectivity index (χ0v) is 17.0. The third-order valence-corrected chi connectivity index (χ3v) is 6.02. The summed E-state index contributed by atoms with van der Waals surface area (Å²) in [7, 11) is 0. The van der Waals surface area contributed by atoms with Gasteiger partial charge < -0.3 is 5.32 Å². The van der Waals surface area contributed by atoms with Gasteiger partial charge in [-0.15, -0.1) is 0 Å². The summed E-state index contributed by atoms with van der Waals surface area (Å²) in [6, 6.07) is 13.4. The fourth-order valence-electron chi connectivity index (χ4n) is 3.56. The number of aryl methyl sites for hydroxylation is 1. The Morgan fingerprint density at radius 1 is 1.17 bits per heavy atom. The summed E-state index contributed by atoms with van der Waals surface area (Å²) in [5.74, 6) is 0.118. The number of benzene rings is 1. The van der Waals surface area contributed by atoms with E-state index in [0.29, 0.717) is 11.6 Å². The number of anilines is 1. The van der Waals surface area contributed by atoms with Crippen LogP contribution in [0.5, 0.6) is 0 Å². The summed E-state index contributed by atoms with van der Waals surface area (Å²) in [6.07, 6.45) is 4.45. The Kier molecular flexibility index (Phi) is 5.76. The fraction of sp³-hybridized carbons (Fsp3) is 0.273. The molecule has 29 heavy (non-hydrogen) atoms. The molecule has 3 aromatic rings. The number of hydrogen-bond acceptors (Lipinski definition) is 5. The monoisotopic (exact) mass is 406 g/mol. The summed E-state index contributed by atoms with van der Waals surface area (Å²) < 4.78 is 1.72. The van der Waals surface area contributed by atoms with Gasteiger partial charge in [0.2, 0.25) is 5.91 Å². The fourth-order valence-corrected chi connectivity index (χ4v) is 4.43. The topological polar surface area (TPSA) is 76.9 Å². The van der Waals surface area contributed by atoms with Crippen LogP contribution in [0.1, 0.15) is 28.9 Å². The van der Waals surface area contributed by atoms with Crippen molar-refractivity contribution in [3.63, 3.8) is 0 Å². The van der Waals surface area contributed by atoms with E-state index in [4.69, 9.17) is 0 Å². The molecule has 148 valence electrons. The van der Waals surface area contributed by atoms with Gasteiger partial charge in [0.15, 0.2) is 0 Å². The normalized spacial score (nSPS) is 12.6. The first-order valence-electron chi connectivity index (χ1n) is 9.62. The second kappa shape index (κ2) is 8.61. The quantitative estimate of drug-likeness (QED) is 0.502. The van der Waals surface area contributed by atoms with E-state index in [1.807, 2.05) is 49.4 Å². The molecule has 0 atom stereocenters. The number of pyridine rings is 1. The molecule has 0 unspecified atom stereocenters. The number of carbonyl (C=O) groups excluding carboxylic acids is 1. The Bertz CT molecular complexity index is 1100. The summed E-state index contributed by atoms with van der Waals surface area (Å²) in [5, 5.41) is 3.61. The summed E-state index contributed by atoms with van der Waals surface area (Å²) >= 11 is 1.34. The van der Waals surface area contributed by atoms with E-state index >= 15 is 0 Å². The maximum absolute atomic E-state index is 12.7. The van der Waals surface area contributed by atoms with Crippen molar-refractivity contribution in [1.29, 1.82) is 0 Å². The van der Waals surface area contributed by atoms with Gasteiger partial charge in [-0.25, -0.2) is 4.79 Å². The van der Waals surface area contributed by atoms with Gasteiger partial charge in [0.1, 0.15) is 5.03 Å². The molecular formula is C22H22N4O2S.